The second-order valence-corrected chi connectivity index (χ2v) is 15.7. The van der Waals surface area contributed by atoms with E-state index >= 15 is 0 Å². The molecule has 0 atom stereocenters. The van der Waals surface area contributed by atoms with E-state index in [1.54, 1.807) is 0 Å². The predicted molar refractivity (Wildman–Crippen MR) is 199 cm³/mol. The van der Waals surface area contributed by atoms with E-state index in [1.165, 1.54) is 15.6 Å². The molecule has 0 amide bonds. The monoisotopic (exact) mass is 627 g/mol. The van der Waals surface area contributed by atoms with Gasteiger partial charge in [0, 0.05) is 16.5 Å². The van der Waals surface area contributed by atoms with Crippen LogP contribution in [-0.4, -0.2) is 12.6 Å². The van der Waals surface area contributed by atoms with E-state index in [-0.39, 0.29) is 0 Å². The third-order valence-corrected chi connectivity index (χ3v) is 14.3. The molecule has 1 heterocycles. The highest BCUT2D eigenvalue weighted by Gasteiger charge is 2.43. The third-order valence-electron chi connectivity index (χ3n) is 9.44. The molecule has 48 heavy (non-hydrogen) atoms. The molecule has 8 aromatic rings. The maximum absolute atomic E-state index is 11.0. The summed E-state index contributed by atoms with van der Waals surface area (Å²) >= 11 is 0. The highest BCUT2D eigenvalue weighted by molar-refractivity contribution is 7.20. The Morgan fingerprint density at radius 3 is 1.60 bits per heavy atom. The third kappa shape index (κ3) is 4.55. The van der Waals surface area contributed by atoms with Crippen molar-refractivity contribution in [3.05, 3.63) is 187 Å². The minimum absolute atomic E-state index is 0.644. The molecule has 224 valence electrons. The average Bonchev–Trinajstić information content (AvgIpc) is 3.50. The van der Waals surface area contributed by atoms with Crippen molar-refractivity contribution in [3.63, 3.8) is 0 Å². The van der Waals surface area contributed by atoms with Crippen LogP contribution in [0.15, 0.2) is 176 Å². The molecular weight excluding hydrogens is 599 g/mol. The summed E-state index contributed by atoms with van der Waals surface area (Å²) in [7, 11) is -2.90. The first-order chi connectivity index (χ1) is 23.7. The molecule has 0 aliphatic rings. The summed E-state index contributed by atoms with van der Waals surface area (Å²) in [6, 6.07) is 66.1. The molecule has 8 rings (SSSR count). The summed E-state index contributed by atoms with van der Waals surface area (Å²) in [5, 5.41) is 27.5. The van der Waals surface area contributed by atoms with E-state index < -0.39 is 8.07 Å². The normalized spacial score (nSPS) is 11.3. The molecular formula is C44H29N3Si. The quantitative estimate of drug-likeness (QED) is 0.141. The summed E-state index contributed by atoms with van der Waals surface area (Å²) in [6.45, 7) is 0. The van der Waals surface area contributed by atoms with Crippen LogP contribution in [0.4, 0.5) is 0 Å². The van der Waals surface area contributed by atoms with Crippen LogP contribution in [0.2, 0.25) is 0 Å². The van der Waals surface area contributed by atoms with Crippen LogP contribution in [-0.2, 0) is 0 Å². The molecule has 0 aliphatic carbocycles. The Labute approximate surface area is 280 Å². The van der Waals surface area contributed by atoms with Gasteiger partial charge in [-0.2, -0.15) is 10.5 Å². The number of fused-ring (bicyclic) bond motifs is 3. The molecule has 0 spiro atoms. The van der Waals surface area contributed by atoms with E-state index in [2.05, 4.69) is 162 Å². The minimum Gasteiger partial charge on any atom is -0.309 e. The van der Waals surface area contributed by atoms with E-state index in [1.807, 2.05) is 30.3 Å². The van der Waals surface area contributed by atoms with Gasteiger partial charge in [-0.3, -0.25) is 0 Å². The van der Waals surface area contributed by atoms with Crippen molar-refractivity contribution in [2.45, 2.75) is 0 Å². The number of para-hydroxylation sites is 1. The Morgan fingerprint density at radius 1 is 0.458 bits per heavy atom. The van der Waals surface area contributed by atoms with Crippen molar-refractivity contribution in [2.24, 2.45) is 0 Å². The summed E-state index contributed by atoms with van der Waals surface area (Å²) < 4.78 is 2.25. The first kappa shape index (κ1) is 29.0. The number of aromatic nitrogens is 1. The van der Waals surface area contributed by atoms with Crippen molar-refractivity contribution < 1.29 is 0 Å². The van der Waals surface area contributed by atoms with Gasteiger partial charge in [0.1, 0.15) is 0 Å². The predicted octanol–water partition coefficient (Wildman–Crippen LogP) is 7.57. The SMILES string of the molecule is N#Cc1ccc2c(c1)c1ccccc1n2-c1ccc(-c2cccc([Si](c3ccccc3)(c3ccccc3)c3ccccc3)c2C#N)cc1. The van der Waals surface area contributed by atoms with Gasteiger partial charge in [-0.1, -0.05) is 140 Å². The number of hydrogen-bond donors (Lipinski definition) is 0. The lowest BCUT2D eigenvalue weighted by atomic mass is 10.00. The maximum Gasteiger partial charge on any atom is 0.180 e. The van der Waals surface area contributed by atoms with Crippen molar-refractivity contribution in [2.75, 3.05) is 0 Å². The summed E-state index contributed by atoms with van der Waals surface area (Å²) in [5.41, 5.74) is 6.40. The fourth-order valence-electron chi connectivity index (χ4n) is 7.37. The molecule has 0 radical (unpaired) electrons. The number of benzene rings is 7. The molecule has 1 aromatic heterocycles. The zero-order valence-corrected chi connectivity index (χ0v) is 27.1. The van der Waals surface area contributed by atoms with Gasteiger partial charge in [0.15, 0.2) is 8.07 Å². The molecule has 0 unspecified atom stereocenters. The van der Waals surface area contributed by atoms with E-state index in [9.17, 15) is 10.5 Å². The number of hydrogen-bond acceptors (Lipinski definition) is 2. The molecule has 4 heteroatoms. The standard InChI is InChI=1S/C44H29N3Si/c45-30-32-23-28-43-40(29-32)39-19-10-11-21-42(39)47(43)34-26-24-33(25-27-34)38-20-12-22-44(41(38)31-46)48(35-13-4-1-5-14-35,36-15-6-2-7-16-36)37-17-8-3-9-18-37/h1-29H. The van der Waals surface area contributed by atoms with Crippen LogP contribution in [0.25, 0.3) is 38.6 Å². The summed E-state index contributed by atoms with van der Waals surface area (Å²) in [6.07, 6.45) is 0. The van der Waals surface area contributed by atoms with E-state index in [4.69, 9.17) is 0 Å². The molecule has 0 fully saturated rings. The van der Waals surface area contributed by atoms with Gasteiger partial charge in [-0.05, 0) is 68.3 Å². The number of rotatable bonds is 6. The second-order valence-electron chi connectivity index (χ2n) is 11.9. The Bertz CT molecular complexity index is 2410. The van der Waals surface area contributed by atoms with Crippen LogP contribution in [0.1, 0.15) is 11.1 Å². The average molecular weight is 628 g/mol. The molecule has 3 nitrogen and oxygen atoms in total. The van der Waals surface area contributed by atoms with Crippen molar-refractivity contribution >= 4 is 50.6 Å². The van der Waals surface area contributed by atoms with Gasteiger partial charge >= 0.3 is 0 Å². The molecule has 0 saturated heterocycles. The van der Waals surface area contributed by atoms with Gasteiger partial charge in [0.2, 0.25) is 0 Å². The zero-order valence-electron chi connectivity index (χ0n) is 26.1. The molecule has 0 aliphatic heterocycles. The van der Waals surface area contributed by atoms with E-state index in [0.717, 1.165) is 43.8 Å². The van der Waals surface area contributed by atoms with Gasteiger partial charge in [0.05, 0.1) is 34.3 Å². The minimum atomic E-state index is -2.90. The second kappa shape index (κ2) is 12.0. The molecule has 0 saturated carbocycles. The van der Waals surface area contributed by atoms with Crippen LogP contribution in [0, 0.1) is 22.7 Å². The molecule has 0 bridgehead atoms. The first-order valence-corrected chi connectivity index (χ1v) is 18.0. The fraction of sp³-hybridized carbons (Fsp3) is 0. The van der Waals surface area contributed by atoms with Gasteiger partial charge < -0.3 is 4.57 Å². The van der Waals surface area contributed by atoms with Crippen LogP contribution in [0.3, 0.4) is 0 Å². The molecule has 0 N–H and O–H groups in total. The van der Waals surface area contributed by atoms with Crippen molar-refractivity contribution in [3.8, 4) is 29.0 Å². The highest BCUT2D eigenvalue weighted by Crippen LogP contribution is 2.33. The highest BCUT2D eigenvalue weighted by atomic mass is 28.3. The van der Waals surface area contributed by atoms with Crippen LogP contribution in [0.5, 0.6) is 0 Å². The largest absolute Gasteiger partial charge is 0.309 e. The van der Waals surface area contributed by atoms with Crippen LogP contribution < -0.4 is 20.7 Å². The Kier molecular flexibility index (Phi) is 7.27. The Balaban J connectivity index is 1.34. The fourth-order valence-corrected chi connectivity index (χ4v) is 12.3. The molecule has 7 aromatic carbocycles. The topological polar surface area (TPSA) is 52.5 Å². The van der Waals surface area contributed by atoms with Gasteiger partial charge in [0.25, 0.3) is 0 Å². The van der Waals surface area contributed by atoms with Crippen molar-refractivity contribution in [1.29, 1.82) is 10.5 Å². The lowest BCUT2D eigenvalue weighted by Gasteiger charge is -2.35. The Hall–Kier alpha value is -6.46. The van der Waals surface area contributed by atoms with Crippen LogP contribution >= 0.6 is 0 Å². The lowest BCUT2D eigenvalue weighted by Crippen LogP contribution is -2.75. The first-order valence-electron chi connectivity index (χ1n) is 16.0. The van der Waals surface area contributed by atoms with Gasteiger partial charge in [-0.25, -0.2) is 0 Å². The Morgan fingerprint density at radius 2 is 1.02 bits per heavy atom. The summed E-state index contributed by atoms with van der Waals surface area (Å²) in [4.78, 5) is 0. The lowest BCUT2D eigenvalue weighted by molar-refractivity contribution is 1.18. The zero-order chi connectivity index (χ0) is 32.5. The van der Waals surface area contributed by atoms with Crippen molar-refractivity contribution in [1.82, 2.24) is 4.57 Å². The number of nitrogens with zero attached hydrogens (tertiary/aromatic N) is 3. The van der Waals surface area contributed by atoms with E-state index in [0.29, 0.717) is 11.1 Å². The smallest absolute Gasteiger partial charge is 0.180 e. The maximum atomic E-state index is 11.0. The van der Waals surface area contributed by atoms with Gasteiger partial charge in [-0.15, -0.1) is 0 Å². The number of nitriles is 2. The summed E-state index contributed by atoms with van der Waals surface area (Å²) in [5.74, 6) is 0.